The summed E-state index contributed by atoms with van der Waals surface area (Å²) in [5, 5.41) is 0. The molecule has 2 heterocycles. The first-order valence-electron chi connectivity index (χ1n) is 12.7. The zero-order valence-electron chi connectivity index (χ0n) is 20.6. The average molecular weight is 468 g/mol. The zero-order chi connectivity index (χ0) is 24.2. The molecule has 1 saturated heterocycles. The van der Waals surface area contributed by atoms with E-state index in [4.69, 9.17) is 9.72 Å². The monoisotopic (exact) mass is 467 g/mol. The Morgan fingerprint density at radius 3 is 2.54 bits per heavy atom. The maximum absolute atomic E-state index is 13.0. The Morgan fingerprint density at radius 2 is 1.74 bits per heavy atom. The summed E-state index contributed by atoms with van der Waals surface area (Å²) in [7, 11) is 0. The van der Waals surface area contributed by atoms with Crippen LogP contribution in [0.5, 0.6) is 5.75 Å². The van der Waals surface area contributed by atoms with Crippen LogP contribution in [0.25, 0.3) is 11.0 Å². The number of para-hydroxylation sites is 3. The number of benzene rings is 3. The van der Waals surface area contributed by atoms with E-state index in [-0.39, 0.29) is 11.8 Å². The molecular formula is C30H33N3O2. The van der Waals surface area contributed by atoms with Crippen molar-refractivity contribution in [3.8, 4) is 5.75 Å². The topological polar surface area (TPSA) is 47.4 Å². The number of aromatic nitrogens is 2. The molecule has 1 unspecified atom stereocenters. The third kappa shape index (κ3) is 4.95. The molecule has 1 amide bonds. The lowest BCUT2D eigenvalue weighted by molar-refractivity contribution is -0.117. The molecule has 1 aliphatic heterocycles. The van der Waals surface area contributed by atoms with Crippen LogP contribution in [0.3, 0.4) is 0 Å². The lowest BCUT2D eigenvalue weighted by atomic mass is 10.1. The SMILES string of the molecule is CCc1ccc(OCCCCn2c(C3CC(=O)N(c4ccccc4C)C3)nc3ccccc32)cc1. The van der Waals surface area contributed by atoms with E-state index in [2.05, 4.69) is 66.9 Å². The van der Waals surface area contributed by atoms with E-state index in [9.17, 15) is 4.79 Å². The first-order chi connectivity index (χ1) is 17.1. The molecule has 5 nitrogen and oxygen atoms in total. The fourth-order valence-electron chi connectivity index (χ4n) is 5.00. The van der Waals surface area contributed by atoms with Gasteiger partial charge in [0, 0.05) is 31.1 Å². The number of imidazole rings is 1. The van der Waals surface area contributed by atoms with E-state index in [1.54, 1.807) is 0 Å². The fraction of sp³-hybridized carbons (Fsp3) is 0.333. The third-order valence-electron chi connectivity index (χ3n) is 6.96. The van der Waals surface area contributed by atoms with Crippen molar-refractivity contribution < 1.29 is 9.53 Å². The summed E-state index contributed by atoms with van der Waals surface area (Å²) < 4.78 is 8.28. The highest BCUT2D eigenvalue weighted by Crippen LogP contribution is 2.34. The van der Waals surface area contributed by atoms with E-state index in [1.165, 1.54) is 5.56 Å². The van der Waals surface area contributed by atoms with Crippen molar-refractivity contribution in [3.63, 3.8) is 0 Å². The van der Waals surface area contributed by atoms with Crippen LogP contribution in [0, 0.1) is 6.92 Å². The van der Waals surface area contributed by atoms with Crippen LogP contribution in [0.2, 0.25) is 0 Å². The van der Waals surface area contributed by atoms with Crippen molar-refractivity contribution in [2.75, 3.05) is 18.1 Å². The van der Waals surface area contributed by atoms with Crippen LogP contribution in [0.1, 0.15) is 49.1 Å². The Hall–Kier alpha value is -3.60. The summed E-state index contributed by atoms with van der Waals surface area (Å²) in [6.45, 7) is 6.44. The highest BCUT2D eigenvalue weighted by atomic mass is 16.5. The minimum atomic E-state index is 0.0860. The van der Waals surface area contributed by atoms with Crippen LogP contribution in [0.15, 0.2) is 72.8 Å². The first-order valence-corrected chi connectivity index (χ1v) is 12.7. The maximum atomic E-state index is 13.0. The molecule has 5 heteroatoms. The second-order valence-electron chi connectivity index (χ2n) is 9.36. The van der Waals surface area contributed by atoms with Crippen molar-refractivity contribution in [2.24, 2.45) is 0 Å². The van der Waals surface area contributed by atoms with Crippen molar-refractivity contribution in [1.29, 1.82) is 0 Å². The summed E-state index contributed by atoms with van der Waals surface area (Å²) in [5.41, 5.74) is 5.59. The lowest BCUT2D eigenvalue weighted by Crippen LogP contribution is -2.25. The average Bonchev–Trinajstić information content (AvgIpc) is 3.45. The Labute approximate surface area is 207 Å². The van der Waals surface area contributed by atoms with Gasteiger partial charge in [-0.05, 0) is 67.6 Å². The largest absolute Gasteiger partial charge is 0.494 e. The van der Waals surface area contributed by atoms with Crippen LogP contribution < -0.4 is 9.64 Å². The predicted octanol–water partition coefficient (Wildman–Crippen LogP) is 6.29. The van der Waals surface area contributed by atoms with Crippen LogP contribution in [0.4, 0.5) is 5.69 Å². The summed E-state index contributed by atoms with van der Waals surface area (Å²) in [6, 6.07) is 24.8. The van der Waals surface area contributed by atoms with Crippen molar-refractivity contribution >= 4 is 22.6 Å². The molecule has 3 aromatic carbocycles. The molecule has 5 rings (SSSR count). The van der Waals surface area contributed by atoms with E-state index in [0.29, 0.717) is 19.6 Å². The molecule has 0 N–H and O–H groups in total. The Bertz CT molecular complexity index is 1310. The van der Waals surface area contributed by atoms with Gasteiger partial charge in [0.2, 0.25) is 5.91 Å². The fourth-order valence-corrected chi connectivity index (χ4v) is 5.00. The molecule has 35 heavy (non-hydrogen) atoms. The van der Waals surface area contributed by atoms with Crippen molar-refractivity contribution in [2.45, 2.75) is 52.0 Å². The summed E-state index contributed by atoms with van der Waals surface area (Å²) >= 11 is 0. The molecule has 180 valence electrons. The molecule has 0 spiro atoms. The number of amides is 1. The molecule has 1 fully saturated rings. The first kappa shape index (κ1) is 23.2. The summed E-state index contributed by atoms with van der Waals surface area (Å²) in [5.74, 6) is 2.21. The predicted molar refractivity (Wildman–Crippen MR) is 141 cm³/mol. The second kappa shape index (κ2) is 10.3. The Kier molecular flexibility index (Phi) is 6.84. The number of carbonyl (C=O) groups is 1. The molecular weight excluding hydrogens is 434 g/mol. The number of hydrogen-bond acceptors (Lipinski definition) is 3. The maximum Gasteiger partial charge on any atom is 0.227 e. The van der Waals surface area contributed by atoms with Gasteiger partial charge in [-0.2, -0.15) is 0 Å². The summed E-state index contributed by atoms with van der Waals surface area (Å²) in [4.78, 5) is 19.9. The smallest absolute Gasteiger partial charge is 0.227 e. The van der Waals surface area contributed by atoms with E-state index in [0.717, 1.165) is 59.7 Å². The number of rotatable bonds is 9. The number of nitrogens with zero attached hydrogens (tertiary/aromatic N) is 3. The number of fused-ring (bicyclic) bond motifs is 1. The standard InChI is InChI=1S/C30H33N3O2/c1-3-23-14-16-25(17-15-23)35-19-9-8-18-32-28-13-7-5-11-26(28)31-30(32)24-20-29(34)33(21-24)27-12-6-4-10-22(27)2/h4-7,10-17,24H,3,8-9,18-21H2,1-2H3. The van der Waals surface area contributed by atoms with Gasteiger partial charge >= 0.3 is 0 Å². The highest BCUT2D eigenvalue weighted by molar-refractivity contribution is 5.97. The molecule has 0 bridgehead atoms. The van der Waals surface area contributed by atoms with Gasteiger partial charge in [0.25, 0.3) is 0 Å². The van der Waals surface area contributed by atoms with E-state index < -0.39 is 0 Å². The molecule has 0 radical (unpaired) electrons. The third-order valence-corrected chi connectivity index (χ3v) is 6.96. The summed E-state index contributed by atoms with van der Waals surface area (Å²) in [6.07, 6.45) is 3.48. The highest BCUT2D eigenvalue weighted by Gasteiger charge is 2.35. The molecule has 0 aliphatic carbocycles. The number of anilines is 1. The van der Waals surface area contributed by atoms with Gasteiger partial charge in [0.05, 0.1) is 17.6 Å². The zero-order valence-corrected chi connectivity index (χ0v) is 20.6. The normalized spacial score (nSPS) is 15.8. The number of carbonyl (C=O) groups excluding carboxylic acids is 1. The van der Waals surface area contributed by atoms with Crippen molar-refractivity contribution in [1.82, 2.24) is 9.55 Å². The molecule has 1 aromatic heterocycles. The quantitative estimate of drug-likeness (QED) is 0.272. The number of aryl methyl sites for hydroxylation is 3. The van der Waals surface area contributed by atoms with Gasteiger partial charge < -0.3 is 14.2 Å². The van der Waals surface area contributed by atoms with Crippen LogP contribution in [-0.2, 0) is 17.8 Å². The number of unbranched alkanes of at least 4 members (excludes halogenated alkanes) is 1. The van der Waals surface area contributed by atoms with Crippen molar-refractivity contribution in [3.05, 3.63) is 89.7 Å². The van der Waals surface area contributed by atoms with Gasteiger partial charge in [0.15, 0.2) is 0 Å². The van der Waals surface area contributed by atoms with Crippen LogP contribution >= 0.6 is 0 Å². The van der Waals surface area contributed by atoms with E-state index in [1.807, 2.05) is 29.2 Å². The minimum absolute atomic E-state index is 0.0860. The Balaban J connectivity index is 1.28. The lowest BCUT2D eigenvalue weighted by Gasteiger charge is -2.19. The number of hydrogen-bond donors (Lipinski definition) is 0. The molecule has 1 aliphatic rings. The van der Waals surface area contributed by atoms with Gasteiger partial charge in [-0.1, -0.05) is 49.4 Å². The van der Waals surface area contributed by atoms with E-state index >= 15 is 0 Å². The van der Waals surface area contributed by atoms with Gasteiger partial charge in [-0.25, -0.2) is 4.98 Å². The Morgan fingerprint density at radius 1 is 0.971 bits per heavy atom. The molecule has 0 saturated carbocycles. The van der Waals surface area contributed by atoms with Gasteiger partial charge in [-0.15, -0.1) is 0 Å². The van der Waals surface area contributed by atoms with Gasteiger partial charge in [0.1, 0.15) is 11.6 Å². The molecule has 1 atom stereocenters. The minimum Gasteiger partial charge on any atom is -0.494 e. The van der Waals surface area contributed by atoms with Crippen LogP contribution in [-0.4, -0.2) is 28.6 Å². The number of ether oxygens (including phenoxy) is 1. The van der Waals surface area contributed by atoms with Gasteiger partial charge in [-0.3, -0.25) is 4.79 Å². The second-order valence-corrected chi connectivity index (χ2v) is 9.36. The molecule has 4 aromatic rings.